The fourth-order valence-corrected chi connectivity index (χ4v) is 2.34. The highest BCUT2D eigenvalue weighted by Crippen LogP contribution is 2.21. The van der Waals surface area contributed by atoms with E-state index in [0.717, 1.165) is 12.1 Å². The molecule has 122 valence electrons. The first-order valence-electron chi connectivity index (χ1n) is 6.89. The van der Waals surface area contributed by atoms with Gasteiger partial charge in [-0.3, -0.25) is 9.89 Å². The number of carbonyl (C=O) groups excluding carboxylic acids is 1. The molecule has 1 unspecified atom stereocenters. The molecule has 1 amide bonds. The van der Waals surface area contributed by atoms with Crippen molar-refractivity contribution in [3.63, 3.8) is 0 Å². The normalized spacial score (nSPS) is 12.1. The van der Waals surface area contributed by atoms with Gasteiger partial charge in [-0.2, -0.15) is 5.10 Å². The maximum Gasteiger partial charge on any atom is 0.331 e. The number of carbonyl (C=O) groups is 2. The van der Waals surface area contributed by atoms with Crippen LogP contribution in [0.25, 0.3) is 10.9 Å². The van der Waals surface area contributed by atoms with Crippen LogP contribution >= 0.6 is 0 Å². The van der Waals surface area contributed by atoms with Gasteiger partial charge < -0.3 is 10.4 Å². The minimum atomic E-state index is -1.67. The van der Waals surface area contributed by atoms with Gasteiger partial charge in [0, 0.05) is 17.0 Å². The number of fused-ring (bicyclic) bond motifs is 1. The summed E-state index contributed by atoms with van der Waals surface area (Å²) in [5.41, 5.74) is 0.235. The number of rotatable bonds is 4. The minimum Gasteiger partial charge on any atom is -0.479 e. The number of aliphatic carboxylic acids is 1. The Morgan fingerprint density at radius 1 is 1.17 bits per heavy atom. The molecule has 3 aromatic rings. The Kier molecular flexibility index (Phi) is 3.95. The van der Waals surface area contributed by atoms with E-state index in [1.54, 1.807) is 24.3 Å². The third-order valence-electron chi connectivity index (χ3n) is 3.48. The quantitative estimate of drug-likeness (QED) is 0.684. The Morgan fingerprint density at radius 2 is 1.92 bits per heavy atom. The van der Waals surface area contributed by atoms with Gasteiger partial charge in [-0.05, 0) is 12.1 Å². The Balaban J connectivity index is 1.94. The van der Waals surface area contributed by atoms with Gasteiger partial charge in [-0.25, -0.2) is 13.6 Å². The van der Waals surface area contributed by atoms with Gasteiger partial charge in [0.05, 0.1) is 5.52 Å². The number of hydrogen-bond donors (Lipinski definition) is 3. The molecule has 3 N–H and O–H groups in total. The Morgan fingerprint density at radius 3 is 2.62 bits per heavy atom. The van der Waals surface area contributed by atoms with Crippen molar-refractivity contribution in [2.24, 2.45) is 0 Å². The molecule has 0 fully saturated rings. The summed E-state index contributed by atoms with van der Waals surface area (Å²) in [5.74, 6) is -4.17. The lowest BCUT2D eigenvalue weighted by Crippen LogP contribution is -2.34. The first-order chi connectivity index (χ1) is 11.5. The highest BCUT2D eigenvalue weighted by atomic mass is 19.1. The van der Waals surface area contributed by atoms with Crippen LogP contribution in [0.1, 0.15) is 22.1 Å². The summed E-state index contributed by atoms with van der Waals surface area (Å²) < 4.78 is 26.8. The predicted octanol–water partition coefficient (Wildman–Crippen LogP) is 2.40. The molecule has 0 aliphatic carbocycles. The second kappa shape index (κ2) is 6.07. The van der Waals surface area contributed by atoms with Crippen LogP contribution in [0.2, 0.25) is 0 Å². The van der Waals surface area contributed by atoms with Crippen LogP contribution in [0.5, 0.6) is 0 Å². The maximum atomic E-state index is 13.8. The molecule has 0 saturated carbocycles. The zero-order valence-corrected chi connectivity index (χ0v) is 12.1. The molecular weight excluding hydrogens is 320 g/mol. The molecule has 1 aromatic heterocycles. The highest BCUT2D eigenvalue weighted by molar-refractivity contribution is 6.05. The van der Waals surface area contributed by atoms with E-state index in [1.165, 1.54) is 0 Å². The van der Waals surface area contributed by atoms with Crippen molar-refractivity contribution in [1.82, 2.24) is 15.5 Å². The van der Waals surface area contributed by atoms with Gasteiger partial charge in [-0.1, -0.05) is 24.3 Å². The molecule has 0 bridgehead atoms. The number of aromatic nitrogens is 2. The number of para-hydroxylation sites is 1. The number of hydrogen-bond acceptors (Lipinski definition) is 3. The third kappa shape index (κ3) is 2.81. The zero-order valence-electron chi connectivity index (χ0n) is 12.1. The van der Waals surface area contributed by atoms with E-state index in [9.17, 15) is 23.5 Å². The van der Waals surface area contributed by atoms with E-state index in [-0.39, 0.29) is 11.3 Å². The van der Waals surface area contributed by atoms with Crippen molar-refractivity contribution >= 4 is 22.8 Å². The van der Waals surface area contributed by atoms with Crippen molar-refractivity contribution < 1.29 is 23.5 Å². The van der Waals surface area contributed by atoms with E-state index in [0.29, 0.717) is 17.0 Å². The standard InChI is InChI=1S/C16H11F2N3O3/c17-8-5-6-9(11(18)7-8)14(16(23)24)19-15(22)13-10-3-1-2-4-12(10)20-21-13/h1-7,14H,(H,19,22)(H,20,21)(H,23,24). The minimum absolute atomic E-state index is 0.0145. The molecule has 2 aromatic carbocycles. The second-order valence-corrected chi connectivity index (χ2v) is 5.03. The Hall–Kier alpha value is -3.29. The van der Waals surface area contributed by atoms with Crippen molar-refractivity contribution in [2.45, 2.75) is 6.04 Å². The predicted molar refractivity (Wildman–Crippen MR) is 80.3 cm³/mol. The summed E-state index contributed by atoms with van der Waals surface area (Å²) in [6.45, 7) is 0. The molecule has 1 atom stereocenters. The SMILES string of the molecule is O=C(NC(C(=O)O)c1ccc(F)cc1F)c1n[nH]c2ccccc12. The average molecular weight is 331 g/mol. The van der Waals surface area contributed by atoms with Gasteiger partial charge in [-0.15, -0.1) is 0 Å². The van der Waals surface area contributed by atoms with Crippen LogP contribution in [0.4, 0.5) is 8.78 Å². The first kappa shape index (κ1) is 15.6. The molecule has 0 spiro atoms. The van der Waals surface area contributed by atoms with E-state index in [4.69, 9.17) is 0 Å². The summed E-state index contributed by atoms with van der Waals surface area (Å²) in [6.07, 6.45) is 0. The van der Waals surface area contributed by atoms with Crippen LogP contribution in [0, 0.1) is 11.6 Å². The molecule has 1 heterocycles. The average Bonchev–Trinajstić information content (AvgIpc) is 2.97. The van der Waals surface area contributed by atoms with Crippen molar-refractivity contribution in [2.75, 3.05) is 0 Å². The van der Waals surface area contributed by atoms with E-state index < -0.39 is 29.6 Å². The molecular formula is C16H11F2N3O3. The summed E-state index contributed by atoms with van der Waals surface area (Å²) >= 11 is 0. The van der Waals surface area contributed by atoms with Gasteiger partial charge in [0.1, 0.15) is 11.6 Å². The van der Waals surface area contributed by atoms with Crippen molar-refractivity contribution in [1.29, 1.82) is 0 Å². The number of carboxylic acid groups (broad SMARTS) is 1. The van der Waals surface area contributed by atoms with Crippen LogP contribution in [0.3, 0.4) is 0 Å². The lowest BCUT2D eigenvalue weighted by Gasteiger charge is -2.15. The number of amides is 1. The zero-order chi connectivity index (χ0) is 17.3. The number of benzene rings is 2. The van der Waals surface area contributed by atoms with E-state index in [2.05, 4.69) is 15.5 Å². The molecule has 0 aliphatic heterocycles. The van der Waals surface area contributed by atoms with Gasteiger partial charge in [0.2, 0.25) is 0 Å². The second-order valence-electron chi connectivity index (χ2n) is 5.03. The number of nitrogens with one attached hydrogen (secondary N) is 2. The number of H-pyrrole nitrogens is 1. The number of nitrogens with zero attached hydrogens (tertiary/aromatic N) is 1. The van der Waals surface area contributed by atoms with Gasteiger partial charge in [0.15, 0.2) is 11.7 Å². The van der Waals surface area contributed by atoms with Crippen LogP contribution in [-0.2, 0) is 4.79 Å². The van der Waals surface area contributed by atoms with Crippen LogP contribution in [0.15, 0.2) is 42.5 Å². The molecule has 3 rings (SSSR count). The smallest absolute Gasteiger partial charge is 0.331 e. The van der Waals surface area contributed by atoms with Gasteiger partial charge in [0.25, 0.3) is 5.91 Å². The van der Waals surface area contributed by atoms with E-state index >= 15 is 0 Å². The number of aromatic amines is 1. The first-order valence-corrected chi connectivity index (χ1v) is 6.89. The van der Waals surface area contributed by atoms with Gasteiger partial charge >= 0.3 is 5.97 Å². The number of halogens is 2. The van der Waals surface area contributed by atoms with E-state index in [1.807, 2.05) is 0 Å². The van der Waals surface area contributed by atoms with Crippen LogP contribution in [-0.4, -0.2) is 27.2 Å². The Bertz CT molecular complexity index is 939. The highest BCUT2D eigenvalue weighted by Gasteiger charge is 2.27. The fraction of sp³-hybridized carbons (Fsp3) is 0.0625. The summed E-state index contributed by atoms with van der Waals surface area (Å²) in [4.78, 5) is 23.7. The Labute approximate surface area is 134 Å². The lowest BCUT2D eigenvalue weighted by atomic mass is 10.1. The van der Waals surface area contributed by atoms with Crippen molar-refractivity contribution in [3.05, 3.63) is 65.4 Å². The molecule has 6 nitrogen and oxygen atoms in total. The fourth-order valence-electron chi connectivity index (χ4n) is 2.34. The summed E-state index contributed by atoms with van der Waals surface area (Å²) in [6, 6.07) is 7.57. The summed E-state index contributed by atoms with van der Waals surface area (Å²) in [7, 11) is 0. The third-order valence-corrected chi connectivity index (χ3v) is 3.48. The largest absolute Gasteiger partial charge is 0.479 e. The topological polar surface area (TPSA) is 95.1 Å². The molecule has 8 heteroatoms. The maximum absolute atomic E-state index is 13.8. The molecule has 0 radical (unpaired) electrons. The lowest BCUT2D eigenvalue weighted by molar-refractivity contribution is -0.139. The monoisotopic (exact) mass is 331 g/mol. The molecule has 24 heavy (non-hydrogen) atoms. The molecule has 0 aliphatic rings. The molecule has 0 saturated heterocycles. The summed E-state index contributed by atoms with van der Waals surface area (Å²) in [5, 5.41) is 18.5. The van der Waals surface area contributed by atoms with Crippen molar-refractivity contribution in [3.8, 4) is 0 Å². The number of carboxylic acids is 1. The van der Waals surface area contributed by atoms with Crippen LogP contribution < -0.4 is 5.32 Å².